The summed E-state index contributed by atoms with van der Waals surface area (Å²) in [4.78, 5) is 12.4. The van der Waals surface area contributed by atoms with Gasteiger partial charge in [0.1, 0.15) is 5.75 Å². The molecule has 0 aromatic heterocycles. The van der Waals surface area contributed by atoms with Gasteiger partial charge in [0, 0.05) is 11.4 Å². The third-order valence-corrected chi connectivity index (χ3v) is 5.99. The highest BCUT2D eigenvalue weighted by Gasteiger charge is 2.20. The van der Waals surface area contributed by atoms with Crippen molar-refractivity contribution in [2.75, 3.05) is 18.2 Å². The van der Waals surface area contributed by atoms with Crippen molar-refractivity contribution in [1.82, 2.24) is 4.72 Å². The number of fused-ring (bicyclic) bond motifs is 1. The Balaban J connectivity index is 1.75. The molecule has 2 aromatic carbocycles. The molecule has 2 aromatic rings. The second-order valence-corrected chi connectivity index (χ2v) is 7.95. The Morgan fingerprint density at radius 1 is 1.21 bits per heavy atom. The first kappa shape index (κ1) is 16.8. The zero-order valence-corrected chi connectivity index (χ0v) is 14.5. The lowest BCUT2D eigenvalue weighted by atomic mass is 10.2. The molecule has 8 heteroatoms. The Morgan fingerprint density at radius 3 is 2.67 bits per heavy atom. The minimum atomic E-state index is -3.67. The summed E-state index contributed by atoms with van der Waals surface area (Å²) in [7, 11) is -2.09. The van der Waals surface area contributed by atoms with E-state index in [1.807, 2.05) is 0 Å². The number of carbonyl (C=O) groups excluding carboxylic acids is 1. The summed E-state index contributed by atoms with van der Waals surface area (Å²) in [5.74, 6) is 0.923. The maximum atomic E-state index is 12.4. The van der Waals surface area contributed by atoms with Gasteiger partial charge in [-0.2, -0.15) is 0 Å². The van der Waals surface area contributed by atoms with Crippen LogP contribution in [0.25, 0.3) is 0 Å². The molecule has 3 rings (SSSR count). The van der Waals surface area contributed by atoms with E-state index >= 15 is 0 Å². The van der Waals surface area contributed by atoms with Crippen LogP contribution in [0.5, 0.6) is 5.75 Å². The highest BCUT2D eigenvalue weighted by atomic mass is 32.2. The number of nitrogens with one attached hydrogen (secondary N) is 2. The molecule has 24 heavy (non-hydrogen) atoms. The van der Waals surface area contributed by atoms with Crippen LogP contribution in [-0.4, -0.2) is 27.2 Å². The molecule has 0 radical (unpaired) electrons. The van der Waals surface area contributed by atoms with Crippen LogP contribution in [0.3, 0.4) is 0 Å². The summed E-state index contributed by atoms with van der Waals surface area (Å²) < 4.78 is 32.5. The number of anilines is 1. The molecule has 0 bridgehead atoms. The Bertz CT molecular complexity index is 864. The van der Waals surface area contributed by atoms with Crippen LogP contribution in [-0.2, 0) is 21.4 Å². The van der Waals surface area contributed by atoms with Crippen molar-refractivity contribution < 1.29 is 17.9 Å². The van der Waals surface area contributed by atoms with Crippen LogP contribution in [0, 0.1) is 0 Å². The number of thioether (sulfide) groups is 1. The molecule has 6 nitrogen and oxygen atoms in total. The smallest absolute Gasteiger partial charge is 0.240 e. The minimum absolute atomic E-state index is 0.123. The van der Waals surface area contributed by atoms with E-state index in [0.717, 1.165) is 10.5 Å². The number of rotatable bonds is 5. The van der Waals surface area contributed by atoms with Gasteiger partial charge in [-0.1, -0.05) is 12.1 Å². The molecule has 0 unspecified atom stereocenters. The van der Waals surface area contributed by atoms with Crippen LogP contribution in [0.2, 0.25) is 0 Å². The van der Waals surface area contributed by atoms with Crippen molar-refractivity contribution >= 4 is 33.4 Å². The van der Waals surface area contributed by atoms with E-state index in [0.29, 0.717) is 17.2 Å². The largest absolute Gasteiger partial charge is 0.497 e. The number of methoxy groups -OCH3 is 1. The molecule has 126 valence electrons. The first-order valence-corrected chi connectivity index (χ1v) is 9.64. The van der Waals surface area contributed by atoms with E-state index in [2.05, 4.69) is 10.0 Å². The SMILES string of the molecule is COc1ccc(CNS(=O)(=O)c2ccc3c(c2)NC(=O)CS3)cc1. The summed E-state index contributed by atoms with van der Waals surface area (Å²) >= 11 is 1.39. The van der Waals surface area contributed by atoms with Crippen LogP contribution < -0.4 is 14.8 Å². The zero-order chi connectivity index (χ0) is 17.2. The van der Waals surface area contributed by atoms with Gasteiger partial charge in [-0.3, -0.25) is 4.79 Å². The van der Waals surface area contributed by atoms with E-state index in [4.69, 9.17) is 4.74 Å². The minimum Gasteiger partial charge on any atom is -0.497 e. The second-order valence-electron chi connectivity index (χ2n) is 5.17. The van der Waals surface area contributed by atoms with Crippen LogP contribution in [0.4, 0.5) is 5.69 Å². The summed E-state index contributed by atoms with van der Waals surface area (Å²) in [5.41, 5.74) is 1.35. The molecule has 2 N–H and O–H groups in total. The first-order chi connectivity index (χ1) is 11.5. The lowest BCUT2D eigenvalue weighted by Crippen LogP contribution is -2.24. The van der Waals surface area contributed by atoms with Gasteiger partial charge in [0.15, 0.2) is 0 Å². The molecule has 0 spiro atoms. The Morgan fingerprint density at radius 2 is 1.96 bits per heavy atom. The number of benzene rings is 2. The number of amides is 1. The maximum absolute atomic E-state index is 12.4. The van der Waals surface area contributed by atoms with Gasteiger partial charge in [0.25, 0.3) is 0 Å². The van der Waals surface area contributed by atoms with Crippen LogP contribution in [0.1, 0.15) is 5.56 Å². The van der Waals surface area contributed by atoms with Gasteiger partial charge >= 0.3 is 0 Å². The number of sulfonamides is 1. The molecular formula is C16H16N2O4S2. The van der Waals surface area contributed by atoms with Crippen LogP contribution in [0.15, 0.2) is 52.3 Å². The fraction of sp³-hybridized carbons (Fsp3) is 0.188. The van der Waals surface area contributed by atoms with Gasteiger partial charge in [0.2, 0.25) is 15.9 Å². The lowest BCUT2D eigenvalue weighted by molar-refractivity contribution is -0.113. The standard InChI is InChI=1S/C16H16N2O4S2/c1-22-12-4-2-11(3-5-12)9-17-24(20,21)13-6-7-15-14(8-13)18-16(19)10-23-15/h2-8,17H,9-10H2,1H3,(H,18,19). The molecule has 0 atom stereocenters. The molecule has 1 amide bonds. The third-order valence-electron chi connectivity index (χ3n) is 3.52. The molecule has 0 saturated carbocycles. The van der Waals surface area contributed by atoms with E-state index in [-0.39, 0.29) is 17.3 Å². The van der Waals surface area contributed by atoms with Crippen molar-refractivity contribution in [2.45, 2.75) is 16.3 Å². The maximum Gasteiger partial charge on any atom is 0.240 e. The average molecular weight is 364 g/mol. The summed E-state index contributed by atoms with van der Waals surface area (Å²) in [6, 6.07) is 11.9. The van der Waals surface area contributed by atoms with E-state index < -0.39 is 10.0 Å². The molecule has 0 saturated heterocycles. The van der Waals surface area contributed by atoms with Crippen molar-refractivity contribution in [3.8, 4) is 5.75 Å². The number of hydrogen-bond donors (Lipinski definition) is 2. The summed E-state index contributed by atoms with van der Waals surface area (Å²) in [6.45, 7) is 0.171. The van der Waals surface area contributed by atoms with E-state index in [1.54, 1.807) is 43.5 Å². The molecule has 1 aliphatic heterocycles. The van der Waals surface area contributed by atoms with Crippen molar-refractivity contribution in [1.29, 1.82) is 0 Å². The predicted octanol–water partition coefficient (Wildman–Crippen LogP) is 2.22. The highest BCUT2D eigenvalue weighted by molar-refractivity contribution is 8.00. The fourth-order valence-corrected chi connectivity index (χ4v) is 4.07. The average Bonchev–Trinajstić information content (AvgIpc) is 2.59. The second kappa shape index (κ2) is 6.84. The summed E-state index contributed by atoms with van der Waals surface area (Å²) in [6.07, 6.45) is 0. The van der Waals surface area contributed by atoms with Crippen LogP contribution >= 0.6 is 11.8 Å². The Kier molecular flexibility index (Phi) is 4.79. The number of ether oxygens (including phenoxy) is 1. The quantitative estimate of drug-likeness (QED) is 0.850. The monoisotopic (exact) mass is 364 g/mol. The van der Waals surface area contributed by atoms with E-state index in [9.17, 15) is 13.2 Å². The molecular weight excluding hydrogens is 348 g/mol. The van der Waals surface area contributed by atoms with Crippen molar-refractivity contribution in [2.24, 2.45) is 0 Å². The van der Waals surface area contributed by atoms with Gasteiger partial charge in [-0.05, 0) is 35.9 Å². The number of hydrogen-bond acceptors (Lipinski definition) is 5. The Hall–Kier alpha value is -2.03. The van der Waals surface area contributed by atoms with E-state index in [1.165, 1.54) is 17.8 Å². The summed E-state index contributed by atoms with van der Waals surface area (Å²) in [5, 5.41) is 2.69. The normalized spacial score (nSPS) is 14.0. The van der Waals surface area contributed by atoms with Gasteiger partial charge in [0.05, 0.1) is 23.4 Å². The first-order valence-electron chi connectivity index (χ1n) is 7.17. The number of carbonyl (C=O) groups is 1. The van der Waals surface area contributed by atoms with Crippen molar-refractivity contribution in [3.05, 3.63) is 48.0 Å². The predicted molar refractivity (Wildman–Crippen MR) is 92.8 cm³/mol. The van der Waals surface area contributed by atoms with Gasteiger partial charge in [-0.15, -0.1) is 11.8 Å². The van der Waals surface area contributed by atoms with Crippen molar-refractivity contribution in [3.63, 3.8) is 0 Å². The topological polar surface area (TPSA) is 84.5 Å². The Labute approximate surface area is 144 Å². The third kappa shape index (κ3) is 3.72. The molecule has 0 aliphatic carbocycles. The molecule has 1 heterocycles. The molecule has 1 aliphatic rings. The molecule has 0 fully saturated rings. The fourth-order valence-electron chi connectivity index (χ4n) is 2.23. The van der Waals surface area contributed by atoms with Gasteiger partial charge < -0.3 is 10.1 Å². The lowest BCUT2D eigenvalue weighted by Gasteiger charge is -2.17. The zero-order valence-electron chi connectivity index (χ0n) is 12.9. The van der Waals surface area contributed by atoms with Gasteiger partial charge in [-0.25, -0.2) is 13.1 Å². The highest BCUT2D eigenvalue weighted by Crippen LogP contribution is 2.33.